The number of benzene rings is 1. The summed E-state index contributed by atoms with van der Waals surface area (Å²) in [5, 5.41) is 6.73. The van der Waals surface area contributed by atoms with Gasteiger partial charge in [-0.15, -0.1) is 24.0 Å². The first-order valence-electron chi connectivity index (χ1n) is 9.72. The average molecular weight is 511 g/mol. The van der Waals surface area contributed by atoms with Crippen LogP contribution in [-0.2, 0) is 17.8 Å². The molecule has 0 bridgehead atoms. The molecule has 1 aromatic heterocycles. The predicted octanol–water partition coefficient (Wildman–Crippen LogP) is 2.80. The third-order valence-corrected chi connectivity index (χ3v) is 4.55. The Bertz CT molecular complexity index is 764. The first kappa shape index (κ1) is 23.2. The van der Waals surface area contributed by atoms with E-state index in [0.717, 1.165) is 61.5 Å². The van der Waals surface area contributed by atoms with Gasteiger partial charge in [0.25, 0.3) is 0 Å². The van der Waals surface area contributed by atoms with Crippen molar-refractivity contribution in [3.63, 3.8) is 0 Å². The number of nitrogens with one attached hydrogen (secondary N) is 2. The maximum absolute atomic E-state index is 5.46. The normalized spacial score (nSPS) is 14.1. The molecule has 0 saturated carbocycles. The third-order valence-electron chi connectivity index (χ3n) is 4.55. The van der Waals surface area contributed by atoms with Crippen molar-refractivity contribution in [1.82, 2.24) is 15.6 Å². The highest BCUT2D eigenvalue weighted by Gasteiger charge is 2.15. The van der Waals surface area contributed by atoms with E-state index in [9.17, 15) is 0 Å². The van der Waals surface area contributed by atoms with Gasteiger partial charge in [-0.1, -0.05) is 18.2 Å². The molecule has 0 atom stereocenters. The van der Waals surface area contributed by atoms with E-state index >= 15 is 0 Å². The van der Waals surface area contributed by atoms with Crippen molar-refractivity contribution in [3.8, 4) is 5.75 Å². The number of hydrogen-bond donors (Lipinski definition) is 2. The van der Waals surface area contributed by atoms with E-state index in [-0.39, 0.29) is 24.0 Å². The van der Waals surface area contributed by atoms with Gasteiger partial charge in [-0.3, -0.25) is 0 Å². The summed E-state index contributed by atoms with van der Waals surface area (Å²) in [5.74, 6) is 2.66. The van der Waals surface area contributed by atoms with Gasteiger partial charge in [0.2, 0.25) is 0 Å². The highest BCUT2D eigenvalue weighted by molar-refractivity contribution is 14.0. The van der Waals surface area contributed by atoms with Gasteiger partial charge >= 0.3 is 0 Å². The largest absolute Gasteiger partial charge is 0.497 e. The standard InChI is InChI=1S/C21H29N5O2.HI/c1-3-22-21(24-15-17-6-8-19(27-2)9-7-17)25-16-18-5-4-10-23-20(18)26-11-13-28-14-12-26;/h4-10H,3,11-16H2,1-2H3,(H2,22,24,25);1H. The lowest BCUT2D eigenvalue weighted by atomic mass is 10.2. The molecular weight excluding hydrogens is 481 g/mol. The molecule has 158 valence electrons. The first-order chi connectivity index (χ1) is 13.8. The van der Waals surface area contributed by atoms with Gasteiger partial charge in [0.1, 0.15) is 11.6 Å². The quantitative estimate of drug-likeness (QED) is 0.339. The molecule has 1 aliphatic heterocycles. The molecule has 0 radical (unpaired) electrons. The fraction of sp³-hybridized carbons (Fsp3) is 0.429. The number of methoxy groups -OCH3 is 1. The van der Waals surface area contributed by atoms with E-state index in [4.69, 9.17) is 14.5 Å². The van der Waals surface area contributed by atoms with Crippen LogP contribution in [0.3, 0.4) is 0 Å². The van der Waals surface area contributed by atoms with Gasteiger partial charge in [-0.2, -0.15) is 0 Å². The molecule has 0 aliphatic carbocycles. The summed E-state index contributed by atoms with van der Waals surface area (Å²) in [6, 6.07) is 12.1. The van der Waals surface area contributed by atoms with Gasteiger partial charge in [-0.25, -0.2) is 9.98 Å². The van der Waals surface area contributed by atoms with Gasteiger partial charge in [-0.05, 0) is 30.7 Å². The van der Waals surface area contributed by atoms with E-state index in [1.54, 1.807) is 7.11 Å². The van der Waals surface area contributed by atoms with Crippen LogP contribution in [0.15, 0.2) is 47.6 Å². The smallest absolute Gasteiger partial charge is 0.191 e. The van der Waals surface area contributed by atoms with Crippen LogP contribution in [0.1, 0.15) is 18.1 Å². The third kappa shape index (κ3) is 7.04. The van der Waals surface area contributed by atoms with Crippen LogP contribution in [0.25, 0.3) is 0 Å². The summed E-state index contributed by atoms with van der Waals surface area (Å²) in [5.41, 5.74) is 2.29. The van der Waals surface area contributed by atoms with Crippen molar-refractivity contribution >= 4 is 35.8 Å². The fourth-order valence-electron chi connectivity index (χ4n) is 3.05. The minimum atomic E-state index is 0. The molecule has 1 aliphatic rings. The van der Waals surface area contributed by atoms with Gasteiger partial charge < -0.3 is 25.0 Å². The minimum Gasteiger partial charge on any atom is -0.497 e. The Morgan fingerprint density at radius 1 is 1.17 bits per heavy atom. The van der Waals surface area contributed by atoms with Gasteiger partial charge in [0.15, 0.2) is 5.96 Å². The minimum absolute atomic E-state index is 0. The molecule has 2 aromatic rings. The molecule has 29 heavy (non-hydrogen) atoms. The van der Waals surface area contributed by atoms with Crippen LogP contribution in [0, 0.1) is 0 Å². The summed E-state index contributed by atoms with van der Waals surface area (Å²) in [4.78, 5) is 11.6. The summed E-state index contributed by atoms with van der Waals surface area (Å²) >= 11 is 0. The summed E-state index contributed by atoms with van der Waals surface area (Å²) in [7, 11) is 1.67. The average Bonchev–Trinajstić information content (AvgIpc) is 2.77. The number of hydrogen-bond acceptors (Lipinski definition) is 5. The fourth-order valence-corrected chi connectivity index (χ4v) is 3.05. The lowest BCUT2D eigenvalue weighted by molar-refractivity contribution is 0.122. The van der Waals surface area contributed by atoms with Crippen LogP contribution in [-0.4, -0.2) is 50.9 Å². The van der Waals surface area contributed by atoms with Crippen LogP contribution in [0.4, 0.5) is 5.82 Å². The summed E-state index contributed by atoms with van der Waals surface area (Å²) in [6.07, 6.45) is 1.84. The molecule has 1 fully saturated rings. The lowest BCUT2D eigenvalue weighted by Gasteiger charge is -2.29. The number of aliphatic imine (C=N–C) groups is 1. The zero-order chi connectivity index (χ0) is 19.6. The van der Waals surface area contributed by atoms with Gasteiger partial charge in [0, 0.05) is 37.9 Å². The van der Waals surface area contributed by atoms with Crippen molar-refractivity contribution in [3.05, 3.63) is 53.7 Å². The topological polar surface area (TPSA) is 71.0 Å². The Balaban J connectivity index is 0.00000300. The summed E-state index contributed by atoms with van der Waals surface area (Å²) in [6.45, 7) is 7.36. The van der Waals surface area contributed by atoms with Gasteiger partial charge in [0.05, 0.1) is 26.9 Å². The molecule has 2 heterocycles. The molecule has 0 spiro atoms. The van der Waals surface area contributed by atoms with Crippen LogP contribution < -0.4 is 20.3 Å². The van der Waals surface area contributed by atoms with Crippen molar-refractivity contribution in [2.45, 2.75) is 20.0 Å². The monoisotopic (exact) mass is 511 g/mol. The van der Waals surface area contributed by atoms with Crippen LogP contribution in [0.2, 0.25) is 0 Å². The Hall–Kier alpha value is -2.07. The molecule has 1 aromatic carbocycles. The van der Waals surface area contributed by atoms with E-state index in [1.165, 1.54) is 0 Å². The molecule has 0 unspecified atom stereocenters. The zero-order valence-electron chi connectivity index (χ0n) is 17.1. The maximum Gasteiger partial charge on any atom is 0.191 e. The summed E-state index contributed by atoms with van der Waals surface area (Å²) < 4.78 is 10.7. The number of pyridine rings is 1. The van der Waals surface area contributed by atoms with Crippen LogP contribution >= 0.6 is 24.0 Å². The molecule has 1 saturated heterocycles. The Morgan fingerprint density at radius 2 is 1.93 bits per heavy atom. The highest BCUT2D eigenvalue weighted by atomic mass is 127. The zero-order valence-corrected chi connectivity index (χ0v) is 19.4. The lowest BCUT2D eigenvalue weighted by Crippen LogP contribution is -2.39. The second-order valence-electron chi connectivity index (χ2n) is 6.48. The number of anilines is 1. The molecule has 3 rings (SSSR count). The Morgan fingerprint density at radius 3 is 2.62 bits per heavy atom. The van der Waals surface area contributed by atoms with Crippen molar-refractivity contribution in [2.75, 3.05) is 44.9 Å². The number of guanidine groups is 1. The van der Waals surface area contributed by atoms with E-state index in [0.29, 0.717) is 13.1 Å². The predicted molar refractivity (Wildman–Crippen MR) is 127 cm³/mol. The first-order valence-corrected chi connectivity index (χ1v) is 9.72. The number of rotatable bonds is 7. The second kappa shape index (κ2) is 12.5. The van der Waals surface area contributed by atoms with Crippen LogP contribution in [0.5, 0.6) is 5.75 Å². The van der Waals surface area contributed by atoms with Crippen molar-refractivity contribution < 1.29 is 9.47 Å². The van der Waals surface area contributed by atoms with E-state index < -0.39 is 0 Å². The SMILES string of the molecule is CCNC(=NCc1ccc(OC)cc1)NCc1cccnc1N1CCOCC1.I. The highest BCUT2D eigenvalue weighted by Crippen LogP contribution is 2.18. The Labute approximate surface area is 189 Å². The Kier molecular flexibility index (Phi) is 9.99. The number of halogens is 1. The molecule has 0 amide bonds. The number of morpholine rings is 1. The maximum atomic E-state index is 5.46. The number of nitrogens with zero attached hydrogens (tertiary/aromatic N) is 3. The molecule has 2 N–H and O–H groups in total. The van der Waals surface area contributed by atoms with Crippen molar-refractivity contribution in [1.29, 1.82) is 0 Å². The van der Waals surface area contributed by atoms with E-state index in [1.807, 2.05) is 36.5 Å². The number of ether oxygens (including phenoxy) is 2. The van der Waals surface area contributed by atoms with Crippen molar-refractivity contribution in [2.24, 2.45) is 4.99 Å². The van der Waals surface area contributed by atoms with E-state index in [2.05, 4.69) is 33.5 Å². The second-order valence-corrected chi connectivity index (χ2v) is 6.48. The molecule has 8 heteroatoms. The number of aromatic nitrogens is 1. The molecular formula is C21H30IN5O2. The molecule has 7 nitrogen and oxygen atoms in total.